The lowest BCUT2D eigenvalue weighted by molar-refractivity contribution is -0.132. The highest BCUT2D eigenvalue weighted by Crippen LogP contribution is 2.22. The summed E-state index contributed by atoms with van der Waals surface area (Å²) in [5, 5.41) is 0. The molecule has 0 aromatic carbocycles. The molecular formula is C20H41Cl2N3O2. The first-order chi connectivity index (χ1) is 12.1. The lowest BCUT2D eigenvalue weighted by Gasteiger charge is -2.37. The first-order valence-corrected chi connectivity index (χ1v) is 10.4. The Labute approximate surface area is 178 Å². The highest BCUT2D eigenvalue weighted by molar-refractivity contribution is 5.85. The van der Waals surface area contributed by atoms with Gasteiger partial charge in [0.15, 0.2) is 0 Å². The topological polar surface area (TPSA) is 58.8 Å². The quantitative estimate of drug-likeness (QED) is 0.574. The van der Waals surface area contributed by atoms with Crippen LogP contribution in [0, 0.1) is 5.92 Å². The summed E-state index contributed by atoms with van der Waals surface area (Å²) in [4.78, 5) is 16.9. The van der Waals surface area contributed by atoms with Gasteiger partial charge < -0.3 is 15.4 Å². The molecule has 0 bridgehead atoms. The van der Waals surface area contributed by atoms with Crippen LogP contribution in [0.4, 0.5) is 0 Å². The molecule has 2 unspecified atom stereocenters. The molecule has 2 fully saturated rings. The molecule has 2 atom stereocenters. The van der Waals surface area contributed by atoms with Crippen molar-refractivity contribution in [3.8, 4) is 0 Å². The summed E-state index contributed by atoms with van der Waals surface area (Å²) in [6.07, 6.45) is 9.44. The summed E-state index contributed by atoms with van der Waals surface area (Å²) >= 11 is 0. The Kier molecular flexibility index (Phi) is 14.8. The maximum Gasteiger partial charge on any atom is 0.222 e. The van der Waals surface area contributed by atoms with Gasteiger partial charge in [-0.15, -0.1) is 24.8 Å². The number of carbonyl (C=O) groups is 1. The number of unbranched alkanes of at least 4 members (excludes halogenated alkanes) is 3. The minimum Gasteiger partial charge on any atom is -0.373 e. The van der Waals surface area contributed by atoms with Gasteiger partial charge in [-0.25, -0.2) is 0 Å². The maximum atomic E-state index is 12.3. The van der Waals surface area contributed by atoms with Crippen molar-refractivity contribution in [3.05, 3.63) is 0 Å². The Morgan fingerprint density at radius 1 is 1.00 bits per heavy atom. The van der Waals surface area contributed by atoms with E-state index >= 15 is 0 Å². The summed E-state index contributed by atoms with van der Waals surface area (Å²) < 4.78 is 5.81. The molecule has 2 rings (SSSR count). The van der Waals surface area contributed by atoms with Crippen LogP contribution in [0.15, 0.2) is 0 Å². The van der Waals surface area contributed by atoms with E-state index in [1.54, 1.807) is 0 Å². The largest absolute Gasteiger partial charge is 0.373 e. The van der Waals surface area contributed by atoms with Gasteiger partial charge in [0.2, 0.25) is 5.91 Å². The molecule has 0 radical (unpaired) electrons. The summed E-state index contributed by atoms with van der Waals surface area (Å²) in [5.74, 6) is 1.14. The molecule has 27 heavy (non-hydrogen) atoms. The van der Waals surface area contributed by atoms with Crippen molar-refractivity contribution >= 4 is 30.7 Å². The van der Waals surface area contributed by atoms with E-state index in [1.165, 1.54) is 25.8 Å². The Morgan fingerprint density at radius 3 is 2.19 bits per heavy atom. The summed E-state index contributed by atoms with van der Waals surface area (Å²) in [6.45, 7) is 10.3. The Morgan fingerprint density at radius 2 is 1.59 bits per heavy atom. The van der Waals surface area contributed by atoms with E-state index in [1.807, 2.05) is 0 Å². The molecule has 0 aromatic rings. The van der Waals surface area contributed by atoms with Gasteiger partial charge in [-0.1, -0.05) is 12.8 Å². The fraction of sp³-hybridized carbons (Fsp3) is 0.950. The zero-order chi connectivity index (χ0) is 18.1. The minimum absolute atomic E-state index is 0. The van der Waals surface area contributed by atoms with Gasteiger partial charge in [0, 0.05) is 32.6 Å². The number of nitrogens with two attached hydrogens (primary N) is 1. The molecular weight excluding hydrogens is 385 g/mol. The van der Waals surface area contributed by atoms with E-state index in [-0.39, 0.29) is 24.8 Å². The van der Waals surface area contributed by atoms with E-state index in [4.69, 9.17) is 10.5 Å². The number of hydrogen-bond acceptors (Lipinski definition) is 4. The fourth-order valence-electron chi connectivity index (χ4n) is 4.24. The molecule has 0 aromatic heterocycles. The van der Waals surface area contributed by atoms with Crippen molar-refractivity contribution in [1.82, 2.24) is 9.80 Å². The van der Waals surface area contributed by atoms with Crippen molar-refractivity contribution in [2.24, 2.45) is 11.7 Å². The molecule has 0 aliphatic carbocycles. The lowest BCUT2D eigenvalue weighted by Crippen LogP contribution is -2.46. The van der Waals surface area contributed by atoms with Crippen LogP contribution in [-0.4, -0.2) is 67.2 Å². The first-order valence-electron chi connectivity index (χ1n) is 10.4. The molecule has 5 nitrogen and oxygen atoms in total. The second-order valence-corrected chi connectivity index (χ2v) is 8.08. The highest BCUT2D eigenvalue weighted by atomic mass is 35.5. The minimum atomic E-state index is 0. The average molecular weight is 426 g/mol. The smallest absolute Gasteiger partial charge is 0.222 e. The molecule has 162 valence electrons. The third-order valence-electron chi connectivity index (χ3n) is 5.66. The van der Waals surface area contributed by atoms with E-state index in [2.05, 4.69) is 23.6 Å². The van der Waals surface area contributed by atoms with Gasteiger partial charge in [-0.2, -0.15) is 0 Å². The summed E-state index contributed by atoms with van der Waals surface area (Å²) in [7, 11) is 0. The van der Waals surface area contributed by atoms with Crippen molar-refractivity contribution in [1.29, 1.82) is 0 Å². The van der Waals surface area contributed by atoms with Crippen LogP contribution >= 0.6 is 24.8 Å². The zero-order valence-corrected chi connectivity index (χ0v) is 18.9. The number of carbonyl (C=O) groups excluding carboxylic acids is 1. The predicted molar refractivity (Wildman–Crippen MR) is 117 cm³/mol. The van der Waals surface area contributed by atoms with Crippen molar-refractivity contribution in [3.63, 3.8) is 0 Å². The van der Waals surface area contributed by atoms with E-state index in [9.17, 15) is 4.79 Å². The van der Waals surface area contributed by atoms with Gasteiger partial charge in [0.1, 0.15) is 0 Å². The number of ether oxygens (including phenoxy) is 1. The fourth-order valence-corrected chi connectivity index (χ4v) is 4.24. The molecule has 1 amide bonds. The lowest BCUT2D eigenvalue weighted by atomic mass is 9.93. The van der Waals surface area contributed by atoms with Crippen molar-refractivity contribution in [2.45, 2.75) is 77.4 Å². The molecule has 2 aliphatic rings. The van der Waals surface area contributed by atoms with E-state index in [0.717, 1.165) is 70.7 Å². The van der Waals surface area contributed by atoms with Crippen LogP contribution in [0.25, 0.3) is 0 Å². The molecule has 7 heteroatoms. The normalized spacial score (nSPS) is 24.2. The van der Waals surface area contributed by atoms with Crippen LogP contribution in [0.1, 0.15) is 65.2 Å². The van der Waals surface area contributed by atoms with Crippen molar-refractivity contribution < 1.29 is 9.53 Å². The van der Waals surface area contributed by atoms with Gasteiger partial charge in [0.25, 0.3) is 0 Å². The highest BCUT2D eigenvalue weighted by Gasteiger charge is 2.25. The third-order valence-corrected chi connectivity index (χ3v) is 5.66. The standard InChI is InChI=1S/C20H39N3O2.2ClH/c1-17-15-22(16-18(2)25-17)12-8-19-9-13-23(14-10-19)20(24)7-5-3-4-6-11-21;;/h17-19H,3-16,21H2,1-2H3;2*1H. The Bertz CT molecular complexity index is 383. The van der Waals surface area contributed by atoms with Gasteiger partial charge in [-0.3, -0.25) is 9.69 Å². The van der Waals surface area contributed by atoms with Crippen LogP contribution in [0.2, 0.25) is 0 Å². The number of hydrogen-bond donors (Lipinski definition) is 1. The number of nitrogens with zero attached hydrogens (tertiary/aromatic N) is 2. The summed E-state index contributed by atoms with van der Waals surface area (Å²) in [5.41, 5.74) is 5.50. The SMILES string of the molecule is CC1CN(CCC2CCN(C(=O)CCCCCCN)CC2)CC(C)O1.Cl.Cl. The van der Waals surface area contributed by atoms with Crippen molar-refractivity contribution in [2.75, 3.05) is 39.3 Å². The van der Waals surface area contributed by atoms with Crippen LogP contribution in [0.5, 0.6) is 0 Å². The van der Waals surface area contributed by atoms with E-state index < -0.39 is 0 Å². The maximum absolute atomic E-state index is 12.3. The average Bonchev–Trinajstić information content (AvgIpc) is 2.59. The Balaban J connectivity index is 0.00000338. The number of halogens is 2. The van der Waals surface area contributed by atoms with Crippen LogP contribution in [-0.2, 0) is 9.53 Å². The van der Waals surface area contributed by atoms with Gasteiger partial charge in [-0.05, 0) is 65.0 Å². The molecule has 2 N–H and O–H groups in total. The zero-order valence-electron chi connectivity index (χ0n) is 17.2. The van der Waals surface area contributed by atoms with Crippen LogP contribution < -0.4 is 5.73 Å². The Hall–Kier alpha value is -0.0700. The van der Waals surface area contributed by atoms with Gasteiger partial charge >= 0.3 is 0 Å². The van der Waals surface area contributed by atoms with Crippen LogP contribution in [0.3, 0.4) is 0 Å². The second kappa shape index (κ2) is 14.9. The molecule has 0 saturated carbocycles. The van der Waals surface area contributed by atoms with Gasteiger partial charge in [0.05, 0.1) is 12.2 Å². The predicted octanol–water partition coefficient (Wildman–Crippen LogP) is 3.48. The molecule has 2 saturated heterocycles. The van der Waals surface area contributed by atoms with E-state index in [0.29, 0.717) is 18.1 Å². The second-order valence-electron chi connectivity index (χ2n) is 8.08. The molecule has 0 spiro atoms. The number of piperidine rings is 1. The number of likely N-dealkylation sites (tertiary alicyclic amines) is 1. The molecule has 2 aliphatic heterocycles. The number of rotatable bonds is 9. The first kappa shape index (κ1) is 26.9. The monoisotopic (exact) mass is 425 g/mol. The molecule has 2 heterocycles. The number of amides is 1. The third kappa shape index (κ3) is 10.3. The summed E-state index contributed by atoms with van der Waals surface area (Å²) in [6, 6.07) is 0. The number of morpholine rings is 1.